The van der Waals surface area contributed by atoms with Crippen molar-refractivity contribution >= 4 is 22.8 Å². The maximum atomic E-state index is 14.5. The van der Waals surface area contributed by atoms with Gasteiger partial charge in [0, 0.05) is 11.9 Å². The van der Waals surface area contributed by atoms with Crippen molar-refractivity contribution in [3.8, 4) is 17.1 Å². The molecule has 0 bridgehead atoms. The van der Waals surface area contributed by atoms with Crippen LogP contribution in [0.15, 0.2) is 48.7 Å². The van der Waals surface area contributed by atoms with Gasteiger partial charge in [-0.25, -0.2) is 14.5 Å². The van der Waals surface area contributed by atoms with Crippen LogP contribution in [0.5, 0.6) is 5.75 Å². The number of ether oxygens (including phenoxy) is 1. The summed E-state index contributed by atoms with van der Waals surface area (Å²) in [6.07, 6.45) is 1.83. The first-order valence-electron chi connectivity index (χ1n) is 8.25. The highest BCUT2D eigenvalue weighted by Crippen LogP contribution is 2.30. The van der Waals surface area contributed by atoms with E-state index in [2.05, 4.69) is 20.4 Å². The minimum Gasteiger partial charge on any atom is -0.497 e. The summed E-state index contributed by atoms with van der Waals surface area (Å²) in [6.45, 7) is 1.85. The minimum atomic E-state index is -0.705. The van der Waals surface area contributed by atoms with Gasteiger partial charge >= 0.3 is 0 Å². The maximum absolute atomic E-state index is 14.5. The third kappa shape index (κ3) is 3.01. The van der Waals surface area contributed by atoms with Crippen LogP contribution in [-0.2, 0) is 0 Å². The van der Waals surface area contributed by atoms with Gasteiger partial charge in [0.2, 0.25) is 5.82 Å². The molecular formula is C19H17FN6O. The molecule has 0 saturated carbocycles. The van der Waals surface area contributed by atoms with E-state index in [-0.39, 0.29) is 11.6 Å². The van der Waals surface area contributed by atoms with Gasteiger partial charge in [-0.2, -0.15) is 9.49 Å². The fourth-order valence-corrected chi connectivity index (χ4v) is 2.86. The van der Waals surface area contributed by atoms with Crippen molar-refractivity contribution in [1.29, 1.82) is 0 Å². The van der Waals surface area contributed by atoms with Crippen LogP contribution in [0, 0.1) is 12.7 Å². The van der Waals surface area contributed by atoms with Gasteiger partial charge in [0.05, 0.1) is 23.9 Å². The van der Waals surface area contributed by atoms with Gasteiger partial charge in [0.1, 0.15) is 5.75 Å². The van der Waals surface area contributed by atoms with Gasteiger partial charge in [0.15, 0.2) is 17.5 Å². The number of nitrogens with two attached hydrogens (primary N) is 1. The molecule has 3 aromatic heterocycles. The molecule has 0 saturated heterocycles. The molecule has 1 aromatic carbocycles. The molecule has 0 aliphatic carbocycles. The lowest BCUT2D eigenvalue weighted by molar-refractivity contribution is 0.415. The lowest BCUT2D eigenvalue weighted by Gasteiger charge is -2.10. The molecule has 4 aromatic rings. The van der Waals surface area contributed by atoms with Crippen LogP contribution < -0.4 is 15.8 Å². The summed E-state index contributed by atoms with van der Waals surface area (Å²) in [5.74, 6) is 0.0706. The van der Waals surface area contributed by atoms with E-state index in [9.17, 15) is 4.39 Å². The predicted octanol–water partition coefficient (Wildman–Crippen LogP) is 3.57. The van der Waals surface area contributed by atoms with Gasteiger partial charge in [-0.15, -0.1) is 0 Å². The van der Waals surface area contributed by atoms with E-state index in [0.717, 1.165) is 11.2 Å². The third-order valence-electron chi connectivity index (χ3n) is 4.17. The number of aryl methyl sites for hydroxylation is 1. The lowest BCUT2D eigenvalue weighted by atomic mass is 10.2. The highest BCUT2D eigenvalue weighted by Gasteiger charge is 2.19. The zero-order chi connectivity index (χ0) is 19.0. The molecule has 0 unspecified atom stereocenters. The standard InChI is InChI=1S/C19H17FN6O/c1-11-15(14-5-3-4-10-26(14)25-11)18-23-17(21)16(20)19(24-18)22-12-6-8-13(27-2)9-7-12/h3-10H,1-2H3,(H3,21,22,23,24). The topological polar surface area (TPSA) is 90.4 Å². The number of nitrogens with one attached hydrogen (secondary N) is 1. The average molecular weight is 364 g/mol. The number of anilines is 3. The van der Waals surface area contributed by atoms with Gasteiger partial charge < -0.3 is 15.8 Å². The number of nitrogen functional groups attached to an aromatic ring is 1. The molecule has 0 spiro atoms. The van der Waals surface area contributed by atoms with Gasteiger partial charge in [-0.1, -0.05) is 6.07 Å². The number of halogens is 1. The summed E-state index contributed by atoms with van der Waals surface area (Å²) < 4.78 is 21.4. The molecular weight excluding hydrogens is 347 g/mol. The number of pyridine rings is 1. The first kappa shape index (κ1) is 16.8. The van der Waals surface area contributed by atoms with E-state index in [1.807, 2.05) is 31.3 Å². The molecule has 8 heteroatoms. The Balaban J connectivity index is 1.80. The number of fused-ring (bicyclic) bond motifs is 1. The minimum absolute atomic E-state index is 0.00246. The quantitative estimate of drug-likeness (QED) is 0.575. The molecule has 0 radical (unpaired) electrons. The number of rotatable bonds is 4. The van der Waals surface area contributed by atoms with E-state index >= 15 is 0 Å². The Hall–Kier alpha value is -3.68. The summed E-state index contributed by atoms with van der Waals surface area (Å²) in [4.78, 5) is 8.50. The molecule has 0 atom stereocenters. The van der Waals surface area contributed by atoms with Crippen LogP contribution in [-0.4, -0.2) is 26.7 Å². The number of methoxy groups -OCH3 is 1. The summed E-state index contributed by atoms with van der Waals surface area (Å²) in [5.41, 5.74) is 8.71. The number of hydrogen-bond acceptors (Lipinski definition) is 6. The first-order chi connectivity index (χ1) is 13.1. The molecule has 27 heavy (non-hydrogen) atoms. The molecule has 0 amide bonds. The van der Waals surface area contributed by atoms with Gasteiger partial charge in [0.25, 0.3) is 0 Å². The van der Waals surface area contributed by atoms with E-state index in [0.29, 0.717) is 22.8 Å². The smallest absolute Gasteiger partial charge is 0.207 e. The molecule has 4 rings (SSSR count). The van der Waals surface area contributed by atoms with Crippen molar-refractivity contribution in [2.75, 3.05) is 18.2 Å². The fourth-order valence-electron chi connectivity index (χ4n) is 2.86. The second-order valence-corrected chi connectivity index (χ2v) is 5.94. The van der Waals surface area contributed by atoms with Gasteiger partial charge in [-0.05, 0) is 43.3 Å². The maximum Gasteiger partial charge on any atom is 0.207 e. The number of benzene rings is 1. The van der Waals surface area contributed by atoms with Crippen molar-refractivity contribution in [3.05, 3.63) is 60.2 Å². The SMILES string of the molecule is COc1ccc(Nc2nc(-c3c(C)nn4ccccc34)nc(N)c2F)cc1. The molecule has 0 fully saturated rings. The molecule has 0 aliphatic heterocycles. The highest BCUT2D eigenvalue weighted by atomic mass is 19.1. The molecule has 3 N–H and O–H groups in total. The summed E-state index contributed by atoms with van der Waals surface area (Å²) in [6, 6.07) is 12.7. The van der Waals surface area contributed by atoms with E-state index < -0.39 is 5.82 Å². The average Bonchev–Trinajstić information content (AvgIpc) is 3.01. The van der Waals surface area contributed by atoms with Crippen LogP contribution in [0.4, 0.5) is 21.7 Å². The Morgan fingerprint density at radius 1 is 1.11 bits per heavy atom. The molecule has 7 nitrogen and oxygen atoms in total. The summed E-state index contributed by atoms with van der Waals surface area (Å²) >= 11 is 0. The van der Waals surface area contributed by atoms with E-state index in [1.54, 1.807) is 35.9 Å². The zero-order valence-corrected chi connectivity index (χ0v) is 14.8. The van der Waals surface area contributed by atoms with Crippen molar-refractivity contribution in [2.45, 2.75) is 6.92 Å². The Kier molecular flexibility index (Phi) is 4.08. The predicted molar refractivity (Wildman–Crippen MR) is 102 cm³/mol. The Morgan fingerprint density at radius 3 is 2.63 bits per heavy atom. The van der Waals surface area contributed by atoms with Gasteiger partial charge in [-0.3, -0.25) is 0 Å². The van der Waals surface area contributed by atoms with Crippen LogP contribution in [0.3, 0.4) is 0 Å². The van der Waals surface area contributed by atoms with Crippen LogP contribution in [0.1, 0.15) is 5.69 Å². The monoisotopic (exact) mass is 364 g/mol. The van der Waals surface area contributed by atoms with Crippen LogP contribution in [0.25, 0.3) is 16.9 Å². The van der Waals surface area contributed by atoms with Crippen molar-refractivity contribution in [2.24, 2.45) is 0 Å². The fraction of sp³-hybridized carbons (Fsp3) is 0.105. The Labute approximate surface area is 154 Å². The Bertz CT molecular complexity index is 1120. The van der Waals surface area contributed by atoms with Crippen molar-refractivity contribution < 1.29 is 9.13 Å². The molecule has 0 aliphatic rings. The van der Waals surface area contributed by atoms with Crippen LogP contribution >= 0.6 is 0 Å². The largest absolute Gasteiger partial charge is 0.497 e. The summed E-state index contributed by atoms with van der Waals surface area (Å²) in [5, 5.41) is 7.39. The van der Waals surface area contributed by atoms with Crippen LogP contribution in [0.2, 0.25) is 0 Å². The lowest BCUT2D eigenvalue weighted by Crippen LogP contribution is -2.06. The number of aromatic nitrogens is 4. The normalized spacial score (nSPS) is 10.9. The highest BCUT2D eigenvalue weighted by molar-refractivity contribution is 5.80. The zero-order valence-electron chi connectivity index (χ0n) is 14.8. The molecule has 3 heterocycles. The first-order valence-corrected chi connectivity index (χ1v) is 8.25. The van der Waals surface area contributed by atoms with E-state index in [1.165, 1.54) is 0 Å². The number of nitrogens with zero attached hydrogens (tertiary/aromatic N) is 4. The third-order valence-corrected chi connectivity index (χ3v) is 4.17. The summed E-state index contributed by atoms with van der Waals surface area (Å²) in [7, 11) is 1.58. The second-order valence-electron chi connectivity index (χ2n) is 5.94. The van der Waals surface area contributed by atoms with Crippen molar-refractivity contribution in [1.82, 2.24) is 19.6 Å². The molecule has 136 valence electrons. The van der Waals surface area contributed by atoms with Crippen molar-refractivity contribution in [3.63, 3.8) is 0 Å². The second kappa shape index (κ2) is 6.56. The Morgan fingerprint density at radius 2 is 1.89 bits per heavy atom. The number of hydrogen-bond donors (Lipinski definition) is 2. The van der Waals surface area contributed by atoms with E-state index in [4.69, 9.17) is 10.5 Å².